The molecule has 1 fully saturated rings. The number of hydrogen-bond donors (Lipinski definition) is 2. The summed E-state index contributed by atoms with van der Waals surface area (Å²) in [5, 5.41) is 8.75. The molecule has 1 amide bonds. The van der Waals surface area contributed by atoms with Crippen molar-refractivity contribution in [3.8, 4) is 17.2 Å². The predicted octanol–water partition coefficient (Wildman–Crippen LogP) is 5.65. The standard InChI is InChI=1S/C35H31FN4O4/c1-20(16-22-18-37-28-9-5-4-7-23(22)28)38-30-27(36)17-25-32-34(30)44-29-11-10-21-6-2-3-8-24(21)31(29)40(32)19-26(33(25)41)35(42)39-12-14-43-15-13-39/h2-11,17-20,23,28,37-38H,12-16H2,1H3. The van der Waals surface area contributed by atoms with Gasteiger partial charge >= 0.3 is 0 Å². The van der Waals surface area contributed by atoms with Gasteiger partial charge in [-0.2, -0.15) is 0 Å². The Labute approximate surface area is 253 Å². The van der Waals surface area contributed by atoms with Gasteiger partial charge in [-0.15, -0.1) is 0 Å². The van der Waals surface area contributed by atoms with Gasteiger partial charge in [0.05, 0.1) is 30.3 Å². The van der Waals surface area contributed by atoms with E-state index in [4.69, 9.17) is 9.47 Å². The van der Waals surface area contributed by atoms with Crippen molar-refractivity contribution in [2.75, 3.05) is 31.6 Å². The molecule has 0 spiro atoms. The van der Waals surface area contributed by atoms with E-state index in [1.54, 1.807) is 11.1 Å². The number of carbonyl (C=O) groups is 1. The highest BCUT2D eigenvalue weighted by Crippen LogP contribution is 2.47. The van der Waals surface area contributed by atoms with Crippen LogP contribution in [0.4, 0.5) is 10.1 Å². The Bertz CT molecular complexity index is 2010. The molecule has 2 N–H and O–H groups in total. The first-order valence-corrected chi connectivity index (χ1v) is 15.0. The lowest BCUT2D eigenvalue weighted by atomic mass is 9.88. The van der Waals surface area contributed by atoms with Gasteiger partial charge in [0.15, 0.2) is 17.3 Å². The van der Waals surface area contributed by atoms with Gasteiger partial charge in [-0.1, -0.05) is 54.6 Å². The number of nitrogens with one attached hydrogen (secondary N) is 2. The largest absolute Gasteiger partial charge is 0.451 e. The average molecular weight is 591 g/mol. The topological polar surface area (TPSA) is 84.8 Å². The molecule has 8 rings (SSSR count). The maximum Gasteiger partial charge on any atom is 0.259 e. The van der Waals surface area contributed by atoms with E-state index in [0.29, 0.717) is 49.7 Å². The van der Waals surface area contributed by atoms with Gasteiger partial charge in [-0.25, -0.2) is 4.39 Å². The van der Waals surface area contributed by atoms with Gasteiger partial charge < -0.3 is 29.6 Å². The number of anilines is 1. The average Bonchev–Trinajstić information content (AvgIpc) is 3.46. The van der Waals surface area contributed by atoms with Crippen LogP contribution in [0, 0.1) is 11.7 Å². The molecule has 3 atom stereocenters. The molecular formula is C35H31FN4O4. The summed E-state index contributed by atoms with van der Waals surface area (Å²) in [7, 11) is 0. The fourth-order valence-electron chi connectivity index (χ4n) is 6.87. The van der Waals surface area contributed by atoms with Gasteiger partial charge in [-0.3, -0.25) is 9.59 Å². The van der Waals surface area contributed by atoms with Crippen LogP contribution < -0.4 is 20.8 Å². The Balaban J connectivity index is 1.27. The smallest absolute Gasteiger partial charge is 0.259 e. The number of nitrogens with zero attached hydrogens (tertiary/aromatic N) is 2. The van der Waals surface area contributed by atoms with E-state index in [1.807, 2.05) is 54.0 Å². The molecule has 0 radical (unpaired) electrons. The van der Waals surface area contributed by atoms with Crippen LogP contribution in [0.1, 0.15) is 23.7 Å². The summed E-state index contributed by atoms with van der Waals surface area (Å²) in [6.45, 7) is 3.59. The predicted molar refractivity (Wildman–Crippen MR) is 168 cm³/mol. The van der Waals surface area contributed by atoms with Crippen molar-refractivity contribution in [1.82, 2.24) is 14.8 Å². The normalized spacial score (nSPS) is 20.5. The van der Waals surface area contributed by atoms with Gasteiger partial charge in [0.1, 0.15) is 16.8 Å². The molecule has 3 aliphatic heterocycles. The summed E-state index contributed by atoms with van der Waals surface area (Å²) < 4.78 is 29.8. The van der Waals surface area contributed by atoms with E-state index in [2.05, 4.69) is 35.1 Å². The second kappa shape index (κ2) is 10.4. The molecule has 4 aromatic rings. The number of morpholine rings is 1. The van der Waals surface area contributed by atoms with E-state index in [-0.39, 0.29) is 40.4 Å². The van der Waals surface area contributed by atoms with Gasteiger partial charge in [0.25, 0.3) is 5.91 Å². The quantitative estimate of drug-likeness (QED) is 0.275. The molecule has 1 saturated heterocycles. The number of amides is 1. The minimum atomic E-state index is -0.611. The molecule has 222 valence electrons. The Hall–Kier alpha value is -4.89. The van der Waals surface area contributed by atoms with Crippen molar-refractivity contribution in [1.29, 1.82) is 0 Å². The van der Waals surface area contributed by atoms with E-state index in [1.165, 1.54) is 11.6 Å². The molecule has 44 heavy (non-hydrogen) atoms. The molecule has 3 aromatic carbocycles. The van der Waals surface area contributed by atoms with Crippen molar-refractivity contribution in [2.45, 2.75) is 25.4 Å². The van der Waals surface area contributed by atoms with Crippen LogP contribution in [0.15, 0.2) is 89.5 Å². The van der Waals surface area contributed by atoms with E-state index < -0.39 is 17.2 Å². The van der Waals surface area contributed by atoms with Crippen molar-refractivity contribution in [3.63, 3.8) is 0 Å². The van der Waals surface area contributed by atoms with Crippen LogP contribution in [0.25, 0.3) is 27.4 Å². The highest BCUT2D eigenvalue weighted by Gasteiger charge is 2.32. The van der Waals surface area contributed by atoms with Crippen molar-refractivity contribution >= 4 is 33.3 Å². The summed E-state index contributed by atoms with van der Waals surface area (Å²) in [4.78, 5) is 29.2. The van der Waals surface area contributed by atoms with E-state index in [0.717, 1.165) is 10.8 Å². The monoisotopic (exact) mass is 590 g/mol. The van der Waals surface area contributed by atoms with Gasteiger partial charge in [0, 0.05) is 36.6 Å². The third-order valence-corrected chi connectivity index (χ3v) is 9.00. The summed E-state index contributed by atoms with van der Waals surface area (Å²) in [6, 6.07) is 13.0. The lowest BCUT2D eigenvalue weighted by Gasteiger charge is -2.30. The molecule has 0 saturated carbocycles. The third-order valence-electron chi connectivity index (χ3n) is 9.00. The highest BCUT2D eigenvalue weighted by molar-refractivity contribution is 6.04. The first-order valence-electron chi connectivity index (χ1n) is 15.0. The van der Waals surface area contributed by atoms with Crippen LogP contribution in [0.2, 0.25) is 0 Å². The Morgan fingerprint density at radius 1 is 1.11 bits per heavy atom. The SMILES string of the molecule is CC(CC1=CNC2C=CC=CC12)Nc1c(F)cc2c(=O)c(C(=O)N3CCOCC3)cn3c2c1Oc1ccc2ccccc2c1-3. The maximum atomic E-state index is 16.1. The lowest BCUT2D eigenvalue weighted by Crippen LogP contribution is -2.42. The molecule has 8 nitrogen and oxygen atoms in total. The minimum Gasteiger partial charge on any atom is -0.451 e. The molecule has 4 aliphatic rings. The number of pyridine rings is 1. The summed E-state index contributed by atoms with van der Waals surface area (Å²) in [6.07, 6.45) is 12.8. The summed E-state index contributed by atoms with van der Waals surface area (Å²) >= 11 is 0. The van der Waals surface area contributed by atoms with Crippen molar-refractivity contribution in [2.24, 2.45) is 5.92 Å². The van der Waals surface area contributed by atoms with Crippen LogP contribution in [-0.4, -0.2) is 53.8 Å². The summed E-state index contributed by atoms with van der Waals surface area (Å²) in [5.41, 5.74) is 2.01. The molecule has 4 heterocycles. The Morgan fingerprint density at radius 2 is 1.93 bits per heavy atom. The van der Waals surface area contributed by atoms with Crippen molar-refractivity contribution < 1.29 is 18.7 Å². The van der Waals surface area contributed by atoms with Gasteiger partial charge in [0.2, 0.25) is 5.43 Å². The van der Waals surface area contributed by atoms with E-state index in [9.17, 15) is 9.59 Å². The second-order valence-corrected chi connectivity index (χ2v) is 11.8. The molecule has 1 aliphatic carbocycles. The zero-order chi connectivity index (χ0) is 29.9. The van der Waals surface area contributed by atoms with Crippen LogP contribution >= 0.6 is 0 Å². The zero-order valence-electron chi connectivity index (χ0n) is 24.2. The molecular weight excluding hydrogens is 559 g/mol. The Kier molecular flexibility index (Phi) is 6.30. The number of carbonyl (C=O) groups excluding carboxylic acids is 1. The minimum absolute atomic E-state index is 0.00979. The number of fused-ring (bicyclic) bond motifs is 5. The summed E-state index contributed by atoms with van der Waals surface area (Å²) in [5.74, 6) is -0.00237. The molecule has 1 aromatic heterocycles. The second-order valence-electron chi connectivity index (χ2n) is 11.8. The van der Waals surface area contributed by atoms with Crippen molar-refractivity contribution in [3.05, 3.63) is 106 Å². The van der Waals surface area contributed by atoms with Crippen LogP contribution in [0.3, 0.4) is 0 Å². The number of ether oxygens (including phenoxy) is 2. The first kappa shape index (κ1) is 26.7. The molecule has 9 heteroatoms. The number of benzene rings is 3. The fraction of sp³-hybridized carbons (Fsp3) is 0.257. The van der Waals surface area contributed by atoms with Crippen LogP contribution in [0.5, 0.6) is 11.5 Å². The maximum absolute atomic E-state index is 16.1. The highest BCUT2D eigenvalue weighted by atomic mass is 19.1. The number of rotatable bonds is 5. The van der Waals surface area contributed by atoms with Gasteiger partial charge in [-0.05, 0) is 42.6 Å². The van der Waals surface area contributed by atoms with E-state index >= 15 is 4.39 Å². The fourth-order valence-corrected chi connectivity index (χ4v) is 6.87. The molecule has 3 unspecified atom stereocenters. The number of aromatic nitrogens is 1. The number of halogens is 1. The number of hydrogen-bond acceptors (Lipinski definition) is 6. The lowest BCUT2D eigenvalue weighted by molar-refractivity contribution is 0.0302. The third kappa shape index (κ3) is 4.22. The van der Waals surface area contributed by atoms with Crippen LogP contribution in [-0.2, 0) is 4.74 Å². The zero-order valence-corrected chi connectivity index (χ0v) is 24.2. The Morgan fingerprint density at radius 3 is 2.80 bits per heavy atom. The first-order chi connectivity index (χ1) is 21.5. The molecule has 0 bridgehead atoms. The number of allylic oxidation sites excluding steroid dienone is 2.